The molecule has 7 nitrogen and oxygen atoms in total. The summed E-state index contributed by atoms with van der Waals surface area (Å²) >= 11 is 0. The second-order valence-electron chi connectivity index (χ2n) is 5.70. The minimum absolute atomic E-state index is 0.0835. The zero-order chi connectivity index (χ0) is 19.3. The zero-order valence-electron chi connectivity index (χ0n) is 15.1. The quantitative estimate of drug-likeness (QED) is 0.556. The summed E-state index contributed by atoms with van der Waals surface area (Å²) in [6, 6.07) is 11.5. The standard InChI is InChI=1S/C18H23N3O4S/c1-4-14-7-9-15(10-8-14)19-17-12-11-16(13-18(17)21(22)23)26(24,25)20(5-2)6-3/h7-13,19H,4-6H2,1-3H3. The lowest BCUT2D eigenvalue weighted by molar-refractivity contribution is -0.384. The molecule has 0 aliphatic heterocycles. The predicted octanol–water partition coefficient (Wildman–Crippen LogP) is 3.93. The van der Waals surface area contributed by atoms with Gasteiger partial charge in [-0.2, -0.15) is 4.31 Å². The van der Waals surface area contributed by atoms with Crippen LogP contribution < -0.4 is 5.32 Å². The van der Waals surface area contributed by atoms with E-state index in [0.29, 0.717) is 18.8 Å². The van der Waals surface area contributed by atoms with E-state index in [1.807, 2.05) is 31.2 Å². The SMILES string of the molecule is CCc1ccc(Nc2ccc(S(=O)(=O)N(CC)CC)cc2[N+](=O)[O-])cc1. The molecule has 0 amide bonds. The van der Waals surface area contributed by atoms with Gasteiger partial charge in [0, 0.05) is 24.8 Å². The Morgan fingerprint density at radius 1 is 1.04 bits per heavy atom. The van der Waals surface area contributed by atoms with E-state index < -0.39 is 14.9 Å². The van der Waals surface area contributed by atoms with Crippen molar-refractivity contribution in [3.8, 4) is 0 Å². The molecule has 0 radical (unpaired) electrons. The molecule has 2 rings (SSSR count). The van der Waals surface area contributed by atoms with Gasteiger partial charge in [-0.3, -0.25) is 10.1 Å². The lowest BCUT2D eigenvalue weighted by atomic mass is 10.1. The first-order valence-electron chi connectivity index (χ1n) is 8.48. The number of hydrogen-bond donors (Lipinski definition) is 1. The van der Waals surface area contributed by atoms with Gasteiger partial charge in [-0.15, -0.1) is 0 Å². The molecule has 0 unspecified atom stereocenters. The van der Waals surface area contributed by atoms with Crippen LogP contribution in [0.4, 0.5) is 17.1 Å². The van der Waals surface area contributed by atoms with Crippen LogP contribution in [0.5, 0.6) is 0 Å². The average molecular weight is 377 g/mol. The van der Waals surface area contributed by atoms with Crippen LogP contribution in [0.3, 0.4) is 0 Å². The van der Waals surface area contributed by atoms with Crippen molar-refractivity contribution in [2.75, 3.05) is 18.4 Å². The largest absolute Gasteiger partial charge is 0.350 e. The van der Waals surface area contributed by atoms with Gasteiger partial charge < -0.3 is 5.32 Å². The van der Waals surface area contributed by atoms with Crippen molar-refractivity contribution in [1.82, 2.24) is 4.31 Å². The third-order valence-electron chi connectivity index (χ3n) is 4.15. The molecule has 0 aliphatic carbocycles. The Morgan fingerprint density at radius 2 is 1.65 bits per heavy atom. The summed E-state index contributed by atoms with van der Waals surface area (Å²) < 4.78 is 26.5. The number of sulfonamides is 1. The number of benzene rings is 2. The number of aryl methyl sites for hydroxylation is 1. The first kappa shape index (κ1) is 19.9. The average Bonchev–Trinajstić information content (AvgIpc) is 2.63. The van der Waals surface area contributed by atoms with Crippen molar-refractivity contribution < 1.29 is 13.3 Å². The highest BCUT2D eigenvalue weighted by Gasteiger charge is 2.25. The summed E-state index contributed by atoms with van der Waals surface area (Å²) in [5, 5.41) is 14.4. The summed E-state index contributed by atoms with van der Waals surface area (Å²) in [4.78, 5) is 10.8. The van der Waals surface area contributed by atoms with E-state index in [1.165, 1.54) is 16.4 Å². The summed E-state index contributed by atoms with van der Waals surface area (Å²) in [7, 11) is -3.75. The molecule has 0 spiro atoms. The lowest BCUT2D eigenvalue weighted by Crippen LogP contribution is -2.30. The van der Waals surface area contributed by atoms with E-state index >= 15 is 0 Å². The van der Waals surface area contributed by atoms with Gasteiger partial charge in [0.2, 0.25) is 10.0 Å². The number of anilines is 2. The van der Waals surface area contributed by atoms with E-state index in [2.05, 4.69) is 5.32 Å². The molecule has 0 fully saturated rings. The summed E-state index contributed by atoms with van der Waals surface area (Å²) in [6.45, 7) is 6.10. The number of rotatable bonds is 8. The fourth-order valence-electron chi connectivity index (χ4n) is 2.62. The van der Waals surface area contributed by atoms with Crippen molar-refractivity contribution in [3.63, 3.8) is 0 Å². The van der Waals surface area contributed by atoms with Gasteiger partial charge >= 0.3 is 0 Å². The monoisotopic (exact) mass is 377 g/mol. The smallest absolute Gasteiger partial charge is 0.294 e. The highest BCUT2D eigenvalue weighted by atomic mass is 32.2. The summed E-state index contributed by atoms with van der Waals surface area (Å²) in [5.74, 6) is 0. The Labute approximate surface area is 153 Å². The Hall–Kier alpha value is -2.45. The van der Waals surface area contributed by atoms with Crippen molar-refractivity contribution >= 4 is 27.1 Å². The van der Waals surface area contributed by atoms with Gasteiger partial charge in [-0.05, 0) is 36.2 Å². The Morgan fingerprint density at radius 3 is 2.15 bits per heavy atom. The first-order valence-corrected chi connectivity index (χ1v) is 9.92. The normalized spacial score (nSPS) is 11.5. The van der Waals surface area contributed by atoms with Gasteiger partial charge in [0.1, 0.15) is 5.69 Å². The molecule has 0 saturated heterocycles. The number of nitro benzene ring substituents is 1. The maximum atomic E-state index is 12.6. The van der Waals surface area contributed by atoms with Crippen molar-refractivity contribution in [2.24, 2.45) is 0 Å². The second-order valence-corrected chi connectivity index (χ2v) is 7.64. The fourth-order valence-corrected chi connectivity index (χ4v) is 4.10. The first-order chi connectivity index (χ1) is 12.3. The third-order valence-corrected chi connectivity index (χ3v) is 6.20. The van der Waals surface area contributed by atoms with E-state index in [4.69, 9.17) is 0 Å². The van der Waals surface area contributed by atoms with Crippen LogP contribution in [0.15, 0.2) is 47.4 Å². The van der Waals surface area contributed by atoms with E-state index in [1.54, 1.807) is 13.8 Å². The molecular formula is C18H23N3O4S. The molecule has 0 atom stereocenters. The van der Waals surface area contributed by atoms with E-state index in [-0.39, 0.29) is 16.3 Å². The topological polar surface area (TPSA) is 92.6 Å². The van der Waals surface area contributed by atoms with Gasteiger partial charge in [0.05, 0.1) is 9.82 Å². The van der Waals surface area contributed by atoms with Crippen LogP contribution in [-0.4, -0.2) is 30.7 Å². The maximum Gasteiger partial charge on any atom is 0.294 e. The van der Waals surface area contributed by atoms with Crippen LogP contribution in [0.2, 0.25) is 0 Å². The third kappa shape index (κ3) is 4.20. The molecule has 26 heavy (non-hydrogen) atoms. The number of nitrogens with one attached hydrogen (secondary N) is 1. The van der Waals surface area contributed by atoms with Crippen molar-refractivity contribution in [2.45, 2.75) is 32.1 Å². The van der Waals surface area contributed by atoms with Crippen LogP contribution >= 0.6 is 0 Å². The molecule has 0 saturated carbocycles. The maximum absolute atomic E-state index is 12.6. The Kier molecular flexibility index (Phi) is 6.33. The molecule has 8 heteroatoms. The van der Waals surface area contributed by atoms with Gasteiger partial charge in [-0.1, -0.05) is 32.9 Å². The second kappa shape index (κ2) is 8.29. The predicted molar refractivity (Wildman–Crippen MR) is 102 cm³/mol. The molecule has 140 valence electrons. The molecule has 0 bridgehead atoms. The number of hydrogen-bond acceptors (Lipinski definition) is 5. The van der Waals surface area contributed by atoms with Crippen LogP contribution in [-0.2, 0) is 16.4 Å². The van der Waals surface area contributed by atoms with Gasteiger partial charge in [-0.25, -0.2) is 8.42 Å². The van der Waals surface area contributed by atoms with E-state index in [0.717, 1.165) is 18.1 Å². The Balaban J connectivity index is 2.41. The Bertz CT molecular complexity index is 876. The minimum Gasteiger partial charge on any atom is -0.350 e. The number of nitro groups is 1. The summed E-state index contributed by atoms with van der Waals surface area (Å²) in [6.07, 6.45) is 0.901. The fraction of sp³-hybridized carbons (Fsp3) is 0.333. The van der Waals surface area contributed by atoms with Crippen LogP contribution in [0, 0.1) is 10.1 Å². The molecule has 0 heterocycles. The molecular weight excluding hydrogens is 354 g/mol. The van der Waals surface area contributed by atoms with Crippen LogP contribution in [0.25, 0.3) is 0 Å². The van der Waals surface area contributed by atoms with Crippen LogP contribution in [0.1, 0.15) is 26.3 Å². The molecule has 0 aliphatic rings. The lowest BCUT2D eigenvalue weighted by Gasteiger charge is -2.18. The molecule has 1 N–H and O–H groups in total. The highest BCUT2D eigenvalue weighted by Crippen LogP contribution is 2.31. The molecule has 2 aromatic rings. The molecule has 2 aromatic carbocycles. The van der Waals surface area contributed by atoms with E-state index in [9.17, 15) is 18.5 Å². The van der Waals surface area contributed by atoms with Crippen molar-refractivity contribution in [3.05, 3.63) is 58.1 Å². The van der Waals surface area contributed by atoms with Gasteiger partial charge in [0.15, 0.2) is 0 Å². The molecule has 0 aromatic heterocycles. The highest BCUT2D eigenvalue weighted by molar-refractivity contribution is 7.89. The summed E-state index contributed by atoms with van der Waals surface area (Å²) in [5.41, 5.74) is 1.82. The van der Waals surface area contributed by atoms with Crippen molar-refractivity contribution in [1.29, 1.82) is 0 Å². The van der Waals surface area contributed by atoms with Gasteiger partial charge in [0.25, 0.3) is 5.69 Å². The minimum atomic E-state index is -3.75. The zero-order valence-corrected chi connectivity index (χ0v) is 15.9. The number of nitrogens with zero attached hydrogens (tertiary/aromatic N) is 2.